The van der Waals surface area contributed by atoms with E-state index in [1.54, 1.807) is 0 Å². The summed E-state index contributed by atoms with van der Waals surface area (Å²) in [6.07, 6.45) is 3.71. The van der Waals surface area contributed by atoms with Crippen molar-refractivity contribution in [1.82, 2.24) is 5.32 Å². The van der Waals surface area contributed by atoms with Crippen molar-refractivity contribution in [3.05, 3.63) is 36.5 Å². The molecule has 0 fully saturated rings. The van der Waals surface area contributed by atoms with Gasteiger partial charge in [-0.05, 0) is 18.1 Å². The molecule has 1 aliphatic rings. The summed E-state index contributed by atoms with van der Waals surface area (Å²) >= 11 is 0. The summed E-state index contributed by atoms with van der Waals surface area (Å²) < 4.78 is 0. The van der Waals surface area contributed by atoms with Gasteiger partial charge in [0.25, 0.3) is 0 Å². The Morgan fingerprint density at radius 3 is 2.58 bits per heavy atom. The maximum Gasteiger partial charge on any atom is 0.0938 e. The van der Waals surface area contributed by atoms with E-state index in [1.807, 2.05) is 19.1 Å². The predicted molar refractivity (Wildman–Crippen MR) is 53.4 cm³/mol. The zero-order chi connectivity index (χ0) is 8.97. The number of amidine groups is 1. The SMILES string of the molecule is C=CC1=C(C=C)CNC(C)=NC1. The Labute approximate surface area is 73.4 Å². The standard InChI is InChI=1S/C10H14N2/c1-4-9-6-11-8(3)12-7-10(9)5-2/h4-5H,1-2,6-7H2,3H3,(H,11,12). The van der Waals surface area contributed by atoms with E-state index in [9.17, 15) is 0 Å². The van der Waals surface area contributed by atoms with Gasteiger partial charge in [0.1, 0.15) is 0 Å². The minimum atomic E-state index is 0.712. The summed E-state index contributed by atoms with van der Waals surface area (Å²) in [6, 6.07) is 0. The third-order valence-electron chi connectivity index (χ3n) is 1.93. The largest absolute Gasteiger partial charge is 0.370 e. The summed E-state index contributed by atoms with van der Waals surface area (Å²) in [7, 11) is 0. The molecule has 0 aromatic heterocycles. The van der Waals surface area contributed by atoms with Crippen molar-refractivity contribution in [3.63, 3.8) is 0 Å². The molecule has 2 nitrogen and oxygen atoms in total. The normalized spacial score (nSPS) is 17.6. The molecule has 0 aliphatic carbocycles. The van der Waals surface area contributed by atoms with Gasteiger partial charge < -0.3 is 5.32 Å². The van der Waals surface area contributed by atoms with Gasteiger partial charge in [-0.1, -0.05) is 25.3 Å². The number of rotatable bonds is 2. The molecule has 0 saturated carbocycles. The van der Waals surface area contributed by atoms with Crippen LogP contribution in [0.5, 0.6) is 0 Å². The molecular formula is C10H14N2. The Bertz CT molecular complexity index is 259. The van der Waals surface area contributed by atoms with E-state index in [4.69, 9.17) is 0 Å². The molecule has 1 heterocycles. The molecule has 0 unspecified atom stereocenters. The number of hydrogen-bond donors (Lipinski definition) is 1. The molecule has 0 saturated heterocycles. The van der Waals surface area contributed by atoms with Crippen molar-refractivity contribution in [2.24, 2.45) is 4.99 Å². The van der Waals surface area contributed by atoms with Crippen LogP contribution in [0.1, 0.15) is 6.92 Å². The number of hydrogen-bond acceptors (Lipinski definition) is 2. The molecule has 64 valence electrons. The van der Waals surface area contributed by atoms with Crippen LogP contribution in [-0.2, 0) is 0 Å². The summed E-state index contributed by atoms with van der Waals surface area (Å²) in [4.78, 5) is 4.30. The molecule has 0 aromatic rings. The van der Waals surface area contributed by atoms with Gasteiger partial charge in [0, 0.05) is 6.54 Å². The summed E-state index contributed by atoms with van der Waals surface area (Å²) in [6.45, 7) is 11.0. The van der Waals surface area contributed by atoms with Crippen LogP contribution >= 0.6 is 0 Å². The zero-order valence-electron chi connectivity index (χ0n) is 7.43. The first-order valence-corrected chi connectivity index (χ1v) is 3.99. The molecule has 1 N–H and O–H groups in total. The van der Waals surface area contributed by atoms with Crippen molar-refractivity contribution in [2.45, 2.75) is 6.92 Å². The van der Waals surface area contributed by atoms with Crippen molar-refractivity contribution < 1.29 is 0 Å². The fourth-order valence-corrected chi connectivity index (χ4v) is 1.10. The lowest BCUT2D eigenvalue weighted by molar-refractivity contribution is 1.01. The van der Waals surface area contributed by atoms with Gasteiger partial charge in [0.15, 0.2) is 0 Å². The Kier molecular flexibility index (Phi) is 2.86. The van der Waals surface area contributed by atoms with Crippen LogP contribution in [0, 0.1) is 0 Å². The summed E-state index contributed by atoms with van der Waals surface area (Å²) in [5, 5.41) is 3.18. The number of nitrogens with zero attached hydrogens (tertiary/aromatic N) is 1. The van der Waals surface area contributed by atoms with Crippen molar-refractivity contribution in [3.8, 4) is 0 Å². The lowest BCUT2D eigenvalue weighted by Crippen LogP contribution is -2.21. The third-order valence-corrected chi connectivity index (χ3v) is 1.93. The van der Waals surface area contributed by atoms with Gasteiger partial charge in [-0.15, -0.1) is 0 Å². The van der Waals surface area contributed by atoms with Crippen LogP contribution in [0.4, 0.5) is 0 Å². The van der Waals surface area contributed by atoms with E-state index in [0.717, 1.165) is 18.0 Å². The molecule has 0 radical (unpaired) electrons. The second-order valence-corrected chi connectivity index (χ2v) is 2.71. The fraction of sp³-hybridized carbons (Fsp3) is 0.300. The average Bonchev–Trinajstić information content (AvgIpc) is 2.27. The van der Waals surface area contributed by atoms with Gasteiger partial charge in [-0.25, -0.2) is 0 Å². The second-order valence-electron chi connectivity index (χ2n) is 2.71. The molecule has 1 aliphatic heterocycles. The third kappa shape index (κ3) is 1.84. The monoisotopic (exact) mass is 162 g/mol. The van der Waals surface area contributed by atoms with Crippen LogP contribution in [0.15, 0.2) is 41.4 Å². The van der Waals surface area contributed by atoms with Crippen molar-refractivity contribution in [1.29, 1.82) is 0 Å². The quantitative estimate of drug-likeness (QED) is 0.656. The predicted octanol–water partition coefficient (Wildman–Crippen LogP) is 1.68. The Hall–Kier alpha value is -1.31. The highest BCUT2D eigenvalue weighted by atomic mass is 15.0. The highest BCUT2D eigenvalue weighted by Crippen LogP contribution is 2.09. The number of nitrogens with one attached hydrogen (secondary N) is 1. The van der Waals surface area contributed by atoms with E-state index in [1.165, 1.54) is 5.57 Å². The van der Waals surface area contributed by atoms with E-state index in [-0.39, 0.29) is 0 Å². The Morgan fingerprint density at radius 1 is 1.33 bits per heavy atom. The van der Waals surface area contributed by atoms with E-state index >= 15 is 0 Å². The molecule has 1 rings (SSSR count). The highest BCUT2D eigenvalue weighted by Gasteiger charge is 2.04. The number of aliphatic imine (C=N–C) groups is 1. The van der Waals surface area contributed by atoms with E-state index in [2.05, 4.69) is 23.5 Å². The van der Waals surface area contributed by atoms with E-state index < -0.39 is 0 Å². The Morgan fingerprint density at radius 2 is 2.00 bits per heavy atom. The summed E-state index contributed by atoms with van der Waals surface area (Å²) in [5.74, 6) is 0.978. The highest BCUT2D eigenvalue weighted by molar-refractivity contribution is 5.80. The van der Waals surface area contributed by atoms with Gasteiger partial charge >= 0.3 is 0 Å². The van der Waals surface area contributed by atoms with Crippen LogP contribution in [0.25, 0.3) is 0 Å². The minimum absolute atomic E-state index is 0.712. The van der Waals surface area contributed by atoms with Gasteiger partial charge in [-0.2, -0.15) is 0 Å². The van der Waals surface area contributed by atoms with Gasteiger partial charge in [0.2, 0.25) is 0 Å². The first-order valence-electron chi connectivity index (χ1n) is 3.99. The van der Waals surface area contributed by atoms with Crippen LogP contribution in [-0.4, -0.2) is 18.9 Å². The molecule has 0 spiro atoms. The molecule has 2 heteroatoms. The minimum Gasteiger partial charge on any atom is -0.370 e. The lowest BCUT2D eigenvalue weighted by Gasteiger charge is -2.03. The second kappa shape index (κ2) is 3.90. The fourth-order valence-electron chi connectivity index (χ4n) is 1.10. The molecular weight excluding hydrogens is 148 g/mol. The van der Waals surface area contributed by atoms with Crippen LogP contribution in [0.3, 0.4) is 0 Å². The Balaban J connectivity index is 2.89. The molecule has 0 amide bonds. The van der Waals surface area contributed by atoms with E-state index in [0.29, 0.717) is 6.54 Å². The molecule has 12 heavy (non-hydrogen) atoms. The smallest absolute Gasteiger partial charge is 0.0938 e. The maximum absolute atomic E-state index is 4.30. The first-order chi connectivity index (χ1) is 5.77. The maximum atomic E-state index is 4.30. The van der Waals surface area contributed by atoms with Crippen LogP contribution < -0.4 is 5.32 Å². The molecule has 0 bridgehead atoms. The van der Waals surface area contributed by atoms with Crippen molar-refractivity contribution >= 4 is 5.84 Å². The van der Waals surface area contributed by atoms with Crippen molar-refractivity contribution in [2.75, 3.05) is 13.1 Å². The molecule has 0 aromatic carbocycles. The summed E-state index contributed by atoms with van der Waals surface area (Å²) in [5.41, 5.74) is 2.35. The lowest BCUT2D eigenvalue weighted by atomic mass is 10.1. The van der Waals surface area contributed by atoms with Gasteiger partial charge in [-0.3, -0.25) is 4.99 Å². The first kappa shape index (κ1) is 8.78. The average molecular weight is 162 g/mol. The van der Waals surface area contributed by atoms with Crippen LogP contribution in [0.2, 0.25) is 0 Å². The van der Waals surface area contributed by atoms with Gasteiger partial charge in [0.05, 0.1) is 12.4 Å². The molecule has 0 atom stereocenters. The zero-order valence-corrected chi connectivity index (χ0v) is 7.43. The topological polar surface area (TPSA) is 24.4 Å².